The van der Waals surface area contributed by atoms with Crippen LogP contribution in [0.4, 0.5) is 4.39 Å². The van der Waals surface area contributed by atoms with E-state index in [2.05, 4.69) is 31.0 Å². The molecule has 0 N–H and O–H groups in total. The number of aromatic nitrogens is 2. The molecular weight excluding hydrogens is 381 g/mol. The van der Waals surface area contributed by atoms with E-state index in [1.165, 1.54) is 6.07 Å². The minimum Gasteiger partial charge on any atom is -0.339 e. The topological polar surface area (TPSA) is 42.2 Å². The lowest BCUT2D eigenvalue weighted by atomic mass is 9.99. The summed E-state index contributed by atoms with van der Waals surface area (Å²) >= 11 is 4.97. The number of rotatable bonds is 4. The van der Waals surface area contributed by atoms with Crippen molar-refractivity contribution in [3.8, 4) is 10.7 Å². The first-order valence-corrected chi connectivity index (χ1v) is 8.90. The number of nitrogens with zero attached hydrogens (tertiary/aromatic N) is 3. The molecule has 0 saturated carbocycles. The molecule has 23 heavy (non-hydrogen) atoms. The van der Waals surface area contributed by atoms with Gasteiger partial charge in [-0.05, 0) is 29.6 Å². The number of hydrogen-bond donors (Lipinski definition) is 0. The van der Waals surface area contributed by atoms with Gasteiger partial charge in [0.1, 0.15) is 5.82 Å². The molecule has 0 atom stereocenters. The second-order valence-corrected chi connectivity index (χ2v) is 7.42. The van der Waals surface area contributed by atoms with Crippen LogP contribution in [0, 0.1) is 5.82 Å². The smallest absolute Gasteiger partial charge is 0.232 e. The highest BCUT2D eigenvalue weighted by Gasteiger charge is 2.33. The van der Waals surface area contributed by atoms with Gasteiger partial charge in [-0.1, -0.05) is 27.2 Å². The maximum absolute atomic E-state index is 13.8. The van der Waals surface area contributed by atoms with E-state index < -0.39 is 0 Å². The number of hydrogen-bond acceptors (Lipinski definition) is 5. The Balaban J connectivity index is 1.39. The summed E-state index contributed by atoms with van der Waals surface area (Å²) in [5.41, 5.74) is 0.697. The summed E-state index contributed by atoms with van der Waals surface area (Å²) in [5, 5.41) is 6.02. The lowest BCUT2D eigenvalue weighted by molar-refractivity contribution is 0.116. The molecule has 0 spiro atoms. The molecule has 4 nitrogen and oxygen atoms in total. The van der Waals surface area contributed by atoms with Gasteiger partial charge in [-0.25, -0.2) is 4.39 Å². The van der Waals surface area contributed by atoms with Gasteiger partial charge in [-0.15, -0.1) is 11.3 Å². The Hall–Kier alpha value is -1.57. The van der Waals surface area contributed by atoms with E-state index in [1.54, 1.807) is 17.4 Å². The average Bonchev–Trinajstić information content (AvgIpc) is 3.16. The Bertz CT molecular complexity index is 815. The summed E-state index contributed by atoms with van der Waals surface area (Å²) in [6.07, 6.45) is 0. The van der Waals surface area contributed by atoms with E-state index in [9.17, 15) is 4.39 Å². The van der Waals surface area contributed by atoms with Crippen molar-refractivity contribution in [3.05, 3.63) is 57.5 Å². The second-order valence-electron chi connectivity index (χ2n) is 5.56. The van der Waals surface area contributed by atoms with Crippen LogP contribution in [-0.2, 0) is 6.54 Å². The lowest BCUT2D eigenvalue weighted by Gasteiger charge is -2.37. The van der Waals surface area contributed by atoms with Crippen LogP contribution >= 0.6 is 27.3 Å². The van der Waals surface area contributed by atoms with Crippen LogP contribution in [-0.4, -0.2) is 28.1 Å². The zero-order valence-corrected chi connectivity index (χ0v) is 14.5. The summed E-state index contributed by atoms with van der Waals surface area (Å²) in [6, 6.07) is 8.96. The van der Waals surface area contributed by atoms with Gasteiger partial charge in [-0.3, -0.25) is 4.90 Å². The molecular formula is C16H13BrFN3OS. The largest absolute Gasteiger partial charge is 0.339 e. The van der Waals surface area contributed by atoms with Crippen molar-refractivity contribution in [3.63, 3.8) is 0 Å². The van der Waals surface area contributed by atoms with Gasteiger partial charge in [0.2, 0.25) is 11.7 Å². The molecule has 0 amide bonds. The van der Waals surface area contributed by atoms with Crippen molar-refractivity contribution in [2.45, 2.75) is 12.5 Å². The predicted octanol–water partition coefficient (Wildman–Crippen LogP) is 4.30. The van der Waals surface area contributed by atoms with Crippen LogP contribution in [0.25, 0.3) is 10.7 Å². The van der Waals surface area contributed by atoms with Crippen molar-refractivity contribution < 1.29 is 8.91 Å². The second kappa shape index (κ2) is 6.14. The first-order chi connectivity index (χ1) is 11.2. The van der Waals surface area contributed by atoms with Crippen LogP contribution in [0.2, 0.25) is 0 Å². The van der Waals surface area contributed by atoms with Crippen molar-refractivity contribution in [1.82, 2.24) is 15.0 Å². The van der Waals surface area contributed by atoms with Crippen molar-refractivity contribution in [1.29, 1.82) is 0 Å². The molecule has 3 heterocycles. The average molecular weight is 394 g/mol. The van der Waals surface area contributed by atoms with Gasteiger partial charge >= 0.3 is 0 Å². The van der Waals surface area contributed by atoms with Gasteiger partial charge in [-0.2, -0.15) is 4.98 Å². The maximum Gasteiger partial charge on any atom is 0.232 e. The highest BCUT2D eigenvalue weighted by atomic mass is 79.9. The lowest BCUT2D eigenvalue weighted by Crippen LogP contribution is -2.44. The predicted molar refractivity (Wildman–Crippen MR) is 89.7 cm³/mol. The van der Waals surface area contributed by atoms with Crippen molar-refractivity contribution in [2.24, 2.45) is 0 Å². The third-order valence-electron chi connectivity index (χ3n) is 3.89. The van der Waals surface area contributed by atoms with Crippen LogP contribution in [0.5, 0.6) is 0 Å². The van der Waals surface area contributed by atoms with E-state index in [-0.39, 0.29) is 11.7 Å². The summed E-state index contributed by atoms with van der Waals surface area (Å²) in [6.45, 7) is 2.20. The third kappa shape index (κ3) is 3.08. The van der Waals surface area contributed by atoms with Crippen molar-refractivity contribution in [2.75, 3.05) is 13.1 Å². The molecule has 3 aromatic rings. The Kier molecular flexibility index (Phi) is 4.00. The first kappa shape index (κ1) is 15.0. The van der Waals surface area contributed by atoms with E-state index >= 15 is 0 Å². The quantitative estimate of drug-likeness (QED) is 0.662. The number of likely N-dealkylation sites (tertiary alicyclic amines) is 1. The van der Waals surface area contributed by atoms with E-state index in [1.807, 2.05) is 23.6 Å². The maximum atomic E-state index is 13.8. The van der Waals surface area contributed by atoms with E-state index in [0.29, 0.717) is 23.8 Å². The minimum atomic E-state index is -0.172. The van der Waals surface area contributed by atoms with Crippen LogP contribution in [0.1, 0.15) is 17.4 Å². The number of thiophene rings is 1. The Morgan fingerprint density at radius 1 is 1.35 bits per heavy atom. The molecule has 118 valence electrons. The number of halogens is 2. The van der Waals surface area contributed by atoms with Gasteiger partial charge in [0.05, 0.1) is 10.8 Å². The highest BCUT2D eigenvalue weighted by molar-refractivity contribution is 9.10. The third-order valence-corrected chi connectivity index (χ3v) is 5.25. The Labute approximate surface area is 145 Å². The van der Waals surface area contributed by atoms with Gasteiger partial charge < -0.3 is 4.52 Å². The molecule has 1 aliphatic rings. The molecule has 7 heteroatoms. The van der Waals surface area contributed by atoms with Crippen molar-refractivity contribution >= 4 is 27.3 Å². The van der Waals surface area contributed by atoms with Crippen LogP contribution in [0.3, 0.4) is 0 Å². The molecule has 1 aliphatic heterocycles. The molecule has 0 unspecified atom stereocenters. The van der Waals surface area contributed by atoms with E-state index in [4.69, 9.17) is 4.52 Å². The number of benzene rings is 1. The zero-order valence-electron chi connectivity index (χ0n) is 12.1. The molecule has 1 fully saturated rings. The van der Waals surface area contributed by atoms with Crippen LogP contribution < -0.4 is 0 Å². The molecule has 1 saturated heterocycles. The zero-order chi connectivity index (χ0) is 15.8. The summed E-state index contributed by atoms with van der Waals surface area (Å²) < 4.78 is 20.0. The Morgan fingerprint density at radius 3 is 3.00 bits per heavy atom. The highest BCUT2D eigenvalue weighted by Crippen LogP contribution is 2.30. The fraction of sp³-hybridized carbons (Fsp3) is 0.250. The van der Waals surface area contributed by atoms with E-state index in [0.717, 1.165) is 22.4 Å². The summed E-state index contributed by atoms with van der Waals surface area (Å²) in [7, 11) is 0. The van der Waals surface area contributed by atoms with Crippen LogP contribution in [0.15, 0.2) is 44.7 Å². The molecule has 0 bridgehead atoms. The first-order valence-electron chi connectivity index (χ1n) is 7.23. The summed E-state index contributed by atoms with van der Waals surface area (Å²) in [5.74, 6) is 1.37. The molecule has 0 radical (unpaired) electrons. The fourth-order valence-corrected chi connectivity index (χ4v) is 3.73. The minimum absolute atomic E-state index is 0.172. The normalized spacial score (nSPS) is 15.7. The molecule has 0 aliphatic carbocycles. The van der Waals surface area contributed by atoms with Gasteiger partial charge in [0.15, 0.2) is 0 Å². The summed E-state index contributed by atoms with van der Waals surface area (Å²) in [4.78, 5) is 7.65. The monoisotopic (exact) mass is 393 g/mol. The molecule has 1 aromatic carbocycles. The van der Waals surface area contributed by atoms with Gasteiger partial charge in [0.25, 0.3) is 0 Å². The van der Waals surface area contributed by atoms with Gasteiger partial charge in [0, 0.05) is 29.7 Å². The SMILES string of the molecule is Fc1ccc(Br)cc1CN1CC(c2nc(-c3cccs3)no2)C1. The Morgan fingerprint density at radius 2 is 2.22 bits per heavy atom. The standard InChI is InChI=1S/C16H13BrFN3OS/c17-12-3-4-13(18)10(6-12)7-21-8-11(9-21)16-19-15(20-22-16)14-2-1-5-23-14/h1-6,11H,7-9H2. The molecule has 2 aromatic heterocycles. The fourth-order valence-electron chi connectivity index (χ4n) is 2.67. The molecule has 4 rings (SSSR count).